The van der Waals surface area contributed by atoms with E-state index in [-0.39, 0.29) is 17.5 Å². The van der Waals surface area contributed by atoms with E-state index in [0.29, 0.717) is 16.4 Å². The maximum atomic E-state index is 13.4. The fourth-order valence-electron chi connectivity index (χ4n) is 3.40. The number of carbonyl (C=O) groups is 2. The van der Waals surface area contributed by atoms with Crippen molar-refractivity contribution in [1.29, 1.82) is 0 Å². The SMILES string of the molecule is CC(F)Oc1cc(Cl)cn2cc(C(C)C(=O)Nc3cc(C4CC4)nn3C(=O)OC(C)(C)C)nc12. The summed E-state index contributed by atoms with van der Waals surface area (Å²) < 4.78 is 26.7. The first-order chi connectivity index (χ1) is 15.9. The Morgan fingerprint density at radius 3 is 2.56 bits per heavy atom. The number of hydrogen-bond acceptors (Lipinski definition) is 6. The quantitative estimate of drug-likeness (QED) is 0.503. The van der Waals surface area contributed by atoms with Crippen molar-refractivity contribution in [2.75, 3.05) is 5.32 Å². The second kappa shape index (κ2) is 8.90. The van der Waals surface area contributed by atoms with Crippen molar-refractivity contribution in [2.24, 2.45) is 0 Å². The highest BCUT2D eigenvalue weighted by atomic mass is 35.5. The van der Waals surface area contributed by atoms with Crippen LogP contribution in [0.25, 0.3) is 5.65 Å². The molecular weight excluding hydrogens is 465 g/mol. The van der Waals surface area contributed by atoms with Crippen LogP contribution in [0.1, 0.15) is 70.7 Å². The molecule has 2 unspecified atom stereocenters. The molecule has 1 amide bonds. The Labute approximate surface area is 201 Å². The first kappa shape index (κ1) is 24.0. The van der Waals surface area contributed by atoms with E-state index >= 15 is 0 Å². The zero-order chi connectivity index (χ0) is 24.8. The van der Waals surface area contributed by atoms with Crippen LogP contribution in [0.5, 0.6) is 5.75 Å². The number of ether oxygens (including phenoxy) is 2. The van der Waals surface area contributed by atoms with Crippen LogP contribution < -0.4 is 10.1 Å². The number of fused-ring (bicyclic) bond motifs is 1. The summed E-state index contributed by atoms with van der Waals surface area (Å²) in [6.45, 7) is 8.20. The molecule has 0 aliphatic heterocycles. The van der Waals surface area contributed by atoms with E-state index < -0.39 is 29.9 Å². The summed E-state index contributed by atoms with van der Waals surface area (Å²) in [5, 5.41) is 7.47. The molecule has 0 aromatic carbocycles. The van der Waals surface area contributed by atoms with Gasteiger partial charge in [0.15, 0.2) is 11.4 Å². The zero-order valence-corrected chi connectivity index (χ0v) is 20.4. The third kappa shape index (κ3) is 5.32. The Balaban J connectivity index is 1.59. The van der Waals surface area contributed by atoms with Gasteiger partial charge in [0.05, 0.1) is 22.3 Å². The number of anilines is 1. The summed E-state index contributed by atoms with van der Waals surface area (Å²) in [7, 11) is 0. The third-order valence-corrected chi connectivity index (χ3v) is 5.38. The minimum Gasteiger partial charge on any atom is -0.457 e. The van der Waals surface area contributed by atoms with Gasteiger partial charge in [0.25, 0.3) is 0 Å². The lowest BCUT2D eigenvalue weighted by atomic mass is 10.1. The number of hydrogen-bond donors (Lipinski definition) is 1. The van der Waals surface area contributed by atoms with E-state index in [0.717, 1.165) is 23.2 Å². The first-order valence-electron chi connectivity index (χ1n) is 11.0. The van der Waals surface area contributed by atoms with Crippen molar-refractivity contribution < 1.29 is 23.5 Å². The minimum absolute atomic E-state index is 0.165. The summed E-state index contributed by atoms with van der Waals surface area (Å²) in [6, 6.07) is 3.16. The molecule has 34 heavy (non-hydrogen) atoms. The normalized spacial score (nSPS) is 15.7. The highest BCUT2D eigenvalue weighted by Crippen LogP contribution is 2.40. The predicted octanol–water partition coefficient (Wildman–Crippen LogP) is 5.28. The lowest BCUT2D eigenvalue weighted by molar-refractivity contribution is -0.117. The molecule has 3 aromatic heterocycles. The van der Waals surface area contributed by atoms with E-state index in [2.05, 4.69) is 15.4 Å². The Kier molecular flexibility index (Phi) is 6.28. The number of amides is 1. The van der Waals surface area contributed by atoms with E-state index in [1.165, 1.54) is 13.0 Å². The standard InChI is InChI=1S/C23H27ClFN5O4/c1-12(17-11-29-10-15(24)8-18(20(29)26-17)33-13(2)25)21(31)27-19-9-16(14-6-7-14)28-30(19)22(32)34-23(3,4)5/h8-14H,6-7H2,1-5H3,(H,27,31). The van der Waals surface area contributed by atoms with Crippen LogP contribution >= 0.6 is 11.6 Å². The van der Waals surface area contributed by atoms with Crippen molar-refractivity contribution in [3.63, 3.8) is 0 Å². The van der Waals surface area contributed by atoms with Crippen LogP contribution in [0.2, 0.25) is 5.02 Å². The third-order valence-electron chi connectivity index (χ3n) is 5.17. The van der Waals surface area contributed by atoms with E-state index in [1.54, 1.807) is 50.6 Å². The molecule has 0 radical (unpaired) electrons. The number of nitrogens with one attached hydrogen (secondary N) is 1. The molecule has 3 aromatic rings. The van der Waals surface area contributed by atoms with Gasteiger partial charge < -0.3 is 19.2 Å². The average molecular weight is 492 g/mol. The molecule has 1 fully saturated rings. The van der Waals surface area contributed by atoms with Crippen LogP contribution in [-0.2, 0) is 9.53 Å². The van der Waals surface area contributed by atoms with Crippen molar-refractivity contribution in [3.8, 4) is 5.75 Å². The molecule has 1 N–H and O–H groups in total. The number of alkyl halides is 1. The molecule has 2 atom stereocenters. The zero-order valence-electron chi connectivity index (χ0n) is 19.6. The minimum atomic E-state index is -1.56. The van der Waals surface area contributed by atoms with Crippen LogP contribution in [-0.4, -0.2) is 43.1 Å². The van der Waals surface area contributed by atoms with Crippen LogP contribution in [0, 0.1) is 0 Å². The maximum Gasteiger partial charge on any atom is 0.437 e. The van der Waals surface area contributed by atoms with E-state index in [9.17, 15) is 14.0 Å². The lowest BCUT2D eigenvalue weighted by Gasteiger charge is -2.20. The molecule has 1 aliphatic carbocycles. The molecule has 3 heterocycles. The number of aromatic nitrogens is 4. The van der Waals surface area contributed by atoms with Gasteiger partial charge in [-0.25, -0.2) is 14.2 Å². The monoisotopic (exact) mass is 491 g/mol. The van der Waals surface area contributed by atoms with Gasteiger partial charge in [0.1, 0.15) is 11.4 Å². The lowest BCUT2D eigenvalue weighted by Crippen LogP contribution is -2.30. The van der Waals surface area contributed by atoms with Crippen LogP contribution in [0.4, 0.5) is 15.0 Å². The smallest absolute Gasteiger partial charge is 0.437 e. The molecule has 182 valence electrons. The van der Waals surface area contributed by atoms with Gasteiger partial charge in [-0.15, -0.1) is 4.68 Å². The Morgan fingerprint density at radius 2 is 1.94 bits per heavy atom. The predicted molar refractivity (Wildman–Crippen MR) is 124 cm³/mol. The number of pyridine rings is 1. The van der Waals surface area contributed by atoms with Gasteiger partial charge in [-0.05, 0) is 40.5 Å². The molecule has 0 bridgehead atoms. The number of carbonyl (C=O) groups excluding carboxylic acids is 2. The fraction of sp³-hybridized carbons (Fsp3) is 0.478. The van der Waals surface area contributed by atoms with Gasteiger partial charge in [0.2, 0.25) is 12.3 Å². The van der Waals surface area contributed by atoms with E-state index in [1.807, 2.05) is 0 Å². The van der Waals surface area contributed by atoms with Crippen molar-refractivity contribution in [3.05, 3.63) is 40.9 Å². The van der Waals surface area contributed by atoms with Crippen LogP contribution in [0.15, 0.2) is 24.5 Å². The largest absolute Gasteiger partial charge is 0.457 e. The summed E-state index contributed by atoms with van der Waals surface area (Å²) in [5.41, 5.74) is 0.769. The van der Waals surface area contributed by atoms with Crippen molar-refractivity contribution in [1.82, 2.24) is 19.2 Å². The van der Waals surface area contributed by atoms with Crippen molar-refractivity contribution >= 4 is 35.1 Å². The molecule has 0 saturated heterocycles. The highest BCUT2D eigenvalue weighted by Gasteiger charge is 2.31. The molecule has 1 aliphatic rings. The Hall–Kier alpha value is -3.14. The Morgan fingerprint density at radius 1 is 1.24 bits per heavy atom. The second-order valence-corrected chi connectivity index (χ2v) is 9.85. The van der Waals surface area contributed by atoms with E-state index in [4.69, 9.17) is 21.1 Å². The fourth-order valence-corrected chi connectivity index (χ4v) is 3.61. The number of imidazole rings is 1. The van der Waals surface area contributed by atoms with Gasteiger partial charge in [-0.2, -0.15) is 5.10 Å². The molecule has 1 saturated carbocycles. The summed E-state index contributed by atoms with van der Waals surface area (Å²) in [4.78, 5) is 30.2. The topological polar surface area (TPSA) is 99.8 Å². The number of halogens is 2. The highest BCUT2D eigenvalue weighted by molar-refractivity contribution is 6.30. The number of rotatable bonds is 6. The van der Waals surface area contributed by atoms with Gasteiger partial charge in [0, 0.05) is 37.4 Å². The summed E-state index contributed by atoms with van der Waals surface area (Å²) >= 11 is 6.11. The van der Waals surface area contributed by atoms with Crippen LogP contribution in [0.3, 0.4) is 0 Å². The van der Waals surface area contributed by atoms with Gasteiger partial charge in [-0.1, -0.05) is 11.6 Å². The average Bonchev–Trinajstić information content (AvgIpc) is 3.33. The molecular formula is C23H27ClFN5O4. The second-order valence-electron chi connectivity index (χ2n) is 9.41. The van der Waals surface area contributed by atoms with Crippen molar-refractivity contribution in [2.45, 2.75) is 71.3 Å². The Bertz CT molecular complexity index is 1240. The maximum absolute atomic E-state index is 13.4. The number of nitrogens with zero attached hydrogens (tertiary/aromatic N) is 4. The molecule has 0 spiro atoms. The first-order valence-corrected chi connectivity index (χ1v) is 11.4. The summed E-state index contributed by atoms with van der Waals surface area (Å²) in [5.74, 6) is -0.437. The van der Waals surface area contributed by atoms with Gasteiger partial charge >= 0.3 is 6.09 Å². The summed E-state index contributed by atoms with van der Waals surface area (Å²) in [6.07, 6.45) is 2.96. The molecule has 4 rings (SSSR count). The molecule has 11 heteroatoms. The molecule has 9 nitrogen and oxygen atoms in total. The van der Waals surface area contributed by atoms with Gasteiger partial charge in [-0.3, -0.25) is 4.79 Å².